The first-order chi connectivity index (χ1) is 7.71. The van der Waals surface area contributed by atoms with Crippen LogP contribution in [0.5, 0.6) is 0 Å². The van der Waals surface area contributed by atoms with Crippen molar-refractivity contribution in [2.45, 2.75) is 57.0 Å². The lowest BCUT2D eigenvalue weighted by Gasteiger charge is -2.21. The van der Waals surface area contributed by atoms with E-state index in [0.29, 0.717) is 0 Å². The van der Waals surface area contributed by atoms with Crippen LogP contribution in [0.15, 0.2) is 5.03 Å². The van der Waals surface area contributed by atoms with Crippen molar-refractivity contribution in [3.05, 3.63) is 11.3 Å². The minimum atomic E-state index is -3.74. The van der Waals surface area contributed by atoms with Crippen LogP contribution in [-0.4, -0.2) is 18.2 Å². The summed E-state index contributed by atoms with van der Waals surface area (Å²) in [5.74, 6) is 0. The first-order valence-electron chi connectivity index (χ1n) is 5.77. The molecule has 1 aliphatic rings. The van der Waals surface area contributed by atoms with Crippen molar-refractivity contribution in [3.8, 4) is 0 Å². The Bertz CT molecular complexity index is 541. The van der Waals surface area contributed by atoms with Crippen molar-refractivity contribution < 1.29 is 8.42 Å². The summed E-state index contributed by atoms with van der Waals surface area (Å²) in [6.07, 6.45) is 3.67. The highest BCUT2D eigenvalue weighted by molar-refractivity contribution is 8.13. The molecule has 4 nitrogen and oxygen atoms in total. The summed E-state index contributed by atoms with van der Waals surface area (Å²) in [5, 5.41) is 4.64. The van der Waals surface area contributed by atoms with Crippen LogP contribution in [-0.2, 0) is 27.4 Å². The second kappa shape index (κ2) is 3.99. The Morgan fingerprint density at radius 2 is 1.82 bits per heavy atom. The number of aryl methyl sites for hydroxylation is 1. The molecule has 6 heteroatoms. The van der Waals surface area contributed by atoms with Gasteiger partial charge >= 0.3 is 0 Å². The van der Waals surface area contributed by atoms with Gasteiger partial charge in [0.2, 0.25) is 0 Å². The maximum atomic E-state index is 11.7. The Morgan fingerprint density at radius 1 is 1.24 bits per heavy atom. The molecule has 0 amide bonds. The summed E-state index contributed by atoms with van der Waals surface area (Å²) in [4.78, 5) is 0. The van der Waals surface area contributed by atoms with Gasteiger partial charge in [0.1, 0.15) is 0 Å². The summed E-state index contributed by atoms with van der Waals surface area (Å²) >= 11 is 0. The lowest BCUT2D eigenvalue weighted by atomic mass is 9.98. The molecule has 1 aromatic heterocycles. The molecule has 0 bridgehead atoms. The zero-order valence-electron chi connectivity index (χ0n) is 10.3. The molecule has 1 aliphatic carbocycles. The molecule has 0 saturated carbocycles. The smallest absolute Gasteiger partial charge is 0.247 e. The van der Waals surface area contributed by atoms with Gasteiger partial charge in [-0.3, -0.25) is 0 Å². The van der Waals surface area contributed by atoms with Crippen LogP contribution in [0.2, 0.25) is 0 Å². The molecule has 0 spiro atoms. The van der Waals surface area contributed by atoms with E-state index in [9.17, 15) is 8.42 Å². The van der Waals surface area contributed by atoms with E-state index in [-0.39, 0.29) is 10.6 Å². The lowest BCUT2D eigenvalue weighted by Crippen LogP contribution is -2.26. The molecule has 0 saturated heterocycles. The third-order valence-electron chi connectivity index (χ3n) is 2.98. The highest BCUT2D eigenvalue weighted by Gasteiger charge is 2.32. The van der Waals surface area contributed by atoms with Gasteiger partial charge in [-0.05, 0) is 46.5 Å². The van der Waals surface area contributed by atoms with Gasteiger partial charge in [-0.2, -0.15) is 5.10 Å². The first-order valence-corrected chi connectivity index (χ1v) is 8.08. The van der Waals surface area contributed by atoms with Crippen molar-refractivity contribution in [1.29, 1.82) is 0 Å². The largest absolute Gasteiger partial charge is 0.278 e. The zero-order chi connectivity index (χ0) is 12.8. The number of halogens is 1. The first kappa shape index (κ1) is 12.9. The van der Waals surface area contributed by atoms with Crippen LogP contribution in [0.25, 0.3) is 0 Å². The van der Waals surface area contributed by atoms with Gasteiger partial charge in [0, 0.05) is 16.2 Å². The molecular weight excluding hydrogens is 260 g/mol. The summed E-state index contributed by atoms with van der Waals surface area (Å²) in [6.45, 7) is 5.78. The molecule has 0 fully saturated rings. The van der Waals surface area contributed by atoms with E-state index in [2.05, 4.69) is 5.10 Å². The van der Waals surface area contributed by atoms with Crippen molar-refractivity contribution in [3.63, 3.8) is 0 Å². The van der Waals surface area contributed by atoms with Crippen LogP contribution in [0.1, 0.15) is 44.9 Å². The summed E-state index contributed by atoms with van der Waals surface area (Å²) < 4.78 is 25.0. The molecule has 0 unspecified atom stereocenters. The van der Waals surface area contributed by atoms with Gasteiger partial charge in [-0.1, -0.05) is 0 Å². The van der Waals surface area contributed by atoms with Gasteiger partial charge in [0.05, 0.1) is 11.2 Å². The predicted octanol–water partition coefficient (Wildman–Crippen LogP) is 2.44. The van der Waals surface area contributed by atoms with E-state index in [1.807, 2.05) is 20.8 Å². The SMILES string of the molecule is CC(C)(C)n1nc2c(c1S(=O)(=O)Cl)CCCC2. The molecule has 0 N–H and O–H groups in total. The number of fused-ring (bicyclic) bond motifs is 1. The quantitative estimate of drug-likeness (QED) is 0.741. The Hall–Kier alpha value is -0.550. The Kier molecular flexibility index (Phi) is 3.02. The molecule has 1 aromatic rings. The Morgan fingerprint density at radius 3 is 2.35 bits per heavy atom. The standard InChI is InChI=1S/C11H17ClN2O2S/c1-11(2,3)14-10(17(12,15)16)8-6-4-5-7-9(8)13-14/h4-7H2,1-3H3. The zero-order valence-corrected chi connectivity index (χ0v) is 11.9. The monoisotopic (exact) mass is 276 g/mol. The molecule has 17 heavy (non-hydrogen) atoms. The molecule has 96 valence electrons. The minimum Gasteiger partial charge on any atom is -0.247 e. The van der Waals surface area contributed by atoms with Crippen molar-refractivity contribution in [2.24, 2.45) is 0 Å². The Balaban J connectivity index is 2.72. The molecule has 1 heterocycles. The summed E-state index contributed by atoms with van der Waals surface area (Å²) in [5.41, 5.74) is 1.33. The lowest BCUT2D eigenvalue weighted by molar-refractivity contribution is 0.324. The number of aromatic nitrogens is 2. The van der Waals surface area contributed by atoms with E-state index in [0.717, 1.165) is 36.9 Å². The van der Waals surface area contributed by atoms with Gasteiger partial charge < -0.3 is 0 Å². The van der Waals surface area contributed by atoms with Crippen molar-refractivity contribution >= 4 is 19.7 Å². The molecule has 0 aromatic carbocycles. The van der Waals surface area contributed by atoms with E-state index in [1.165, 1.54) is 0 Å². The fraction of sp³-hybridized carbons (Fsp3) is 0.727. The summed E-state index contributed by atoms with van der Waals surface area (Å²) in [7, 11) is 1.82. The van der Waals surface area contributed by atoms with E-state index in [4.69, 9.17) is 10.7 Å². The number of hydrogen-bond donors (Lipinski definition) is 0. The molecule has 0 radical (unpaired) electrons. The van der Waals surface area contributed by atoms with Gasteiger partial charge in [-0.25, -0.2) is 13.1 Å². The third-order valence-corrected chi connectivity index (χ3v) is 4.30. The highest BCUT2D eigenvalue weighted by atomic mass is 35.7. The van der Waals surface area contributed by atoms with E-state index < -0.39 is 9.05 Å². The minimum absolute atomic E-state index is 0.196. The Labute approximate surface area is 106 Å². The van der Waals surface area contributed by atoms with Crippen LogP contribution in [0, 0.1) is 0 Å². The highest BCUT2D eigenvalue weighted by Crippen LogP contribution is 2.32. The second-order valence-corrected chi connectivity index (χ2v) is 7.94. The fourth-order valence-corrected chi connectivity index (χ4v) is 3.74. The van der Waals surface area contributed by atoms with Gasteiger partial charge in [-0.15, -0.1) is 0 Å². The molecular formula is C11H17ClN2O2S. The average Bonchev–Trinajstić information content (AvgIpc) is 2.54. The topological polar surface area (TPSA) is 52.0 Å². The fourth-order valence-electron chi connectivity index (χ4n) is 2.23. The second-order valence-electron chi connectivity index (χ2n) is 5.46. The number of hydrogen-bond acceptors (Lipinski definition) is 3. The third kappa shape index (κ3) is 2.36. The number of rotatable bonds is 1. The molecule has 0 aliphatic heterocycles. The number of nitrogens with zero attached hydrogens (tertiary/aromatic N) is 2. The van der Waals surface area contributed by atoms with Crippen LogP contribution < -0.4 is 0 Å². The van der Waals surface area contributed by atoms with Crippen LogP contribution >= 0.6 is 10.7 Å². The maximum Gasteiger partial charge on any atom is 0.278 e. The van der Waals surface area contributed by atoms with E-state index >= 15 is 0 Å². The van der Waals surface area contributed by atoms with Crippen molar-refractivity contribution in [1.82, 2.24) is 9.78 Å². The summed E-state index contributed by atoms with van der Waals surface area (Å²) in [6, 6.07) is 0. The van der Waals surface area contributed by atoms with Crippen molar-refractivity contribution in [2.75, 3.05) is 0 Å². The predicted molar refractivity (Wildman–Crippen MR) is 66.9 cm³/mol. The molecule has 2 rings (SSSR count). The normalized spacial score (nSPS) is 16.9. The van der Waals surface area contributed by atoms with E-state index in [1.54, 1.807) is 4.68 Å². The van der Waals surface area contributed by atoms with Gasteiger partial charge in [0.25, 0.3) is 9.05 Å². The van der Waals surface area contributed by atoms with Gasteiger partial charge in [0.15, 0.2) is 5.03 Å². The average molecular weight is 277 g/mol. The van der Waals surface area contributed by atoms with Crippen LogP contribution in [0.3, 0.4) is 0 Å². The van der Waals surface area contributed by atoms with Crippen LogP contribution in [0.4, 0.5) is 0 Å². The maximum absolute atomic E-state index is 11.7. The molecule has 0 atom stereocenters.